The fourth-order valence-electron chi connectivity index (χ4n) is 3.07. The highest BCUT2D eigenvalue weighted by molar-refractivity contribution is 5.99. The Morgan fingerprint density at radius 2 is 1.77 bits per heavy atom. The zero-order valence-corrected chi connectivity index (χ0v) is 17.4. The standard InChI is InChI=1S/C23H24F2N4O2/c1-3-4-11-26-22(30)16-7-5-15(6-8-16)13-27-23(31)19-14-29(2)28-21(19)18-10-9-17(24)12-20(18)25/h5-10,12,14H,3-4,11,13H2,1-2H3,(H,26,30)(H,27,31). The molecule has 2 amide bonds. The summed E-state index contributed by atoms with van der Waals surface area (Å²) in [6.07, 6.45) is 3.41. The fraction of sp³-hybridized carbons (Fsp3) is 0.261. The van der Waals surface area contributed by atoms with Gasteiger partial charge in [-0.1, -0.05) is 25.5 Å². The molecule has 6 nitrogen and oxygen atoms in total. The summed E-state index contributed by atoms with van der Waals surface area (Å²) in [6.45, 7) is 2.91. The summed E-state index contributed by atoms with van der Waals surface area (Å²) >= 11 is 0. The molecule has 0 radical (unpaired) electrons. The molecule has 0 aliphatic rings. The number of hydrogen-bond acceptors (Lipinski definition) is 3. The maximum Gasteiger partial charge on any atom is 0.255 e. The zero-order chi connectivity index (χ0) is 22.4. The van der Waals surface area contributed by atoms with Gasteiger partial charge in [-0.2, -0.15) is 5.10 Å². The SMILES string of the molecule is CCCCNC(=O)c1ccc(CNC(=O)c2cn(C)nc2-c2ccc(F)cc2F)cc1. The highest BCUT2D eigenvalue weighted by Gasteiger charge is 2.20. The average molecular weight is 426 g/mol. The summed E-state index contributed by atoms with van der Waals surface area (Å²) < 4.78 is 28.8. The number of hydrogen-bond donors (Lipinski definition) is 2. The second kappa shape index (κ2) is 9.97. The summed E-state index contributed by atoms with van der Waals surface area (Å²) in [4.78, 5) is 24.8. The van der Waals surface area contributed by atoms with Crippen LogP contribution in [-0.4, -0.2) is 28.1 Å². The van der Waals surface area contributed by atoms with E-state index in [1.54, 1.807) is 31.3 Å². The third-order valence-corrected chi connectivity index (χ3v) is 4.74. The number of rotatable bonds is 8. The molecule has 1 aromatic heterocycles. The Hall–Kier alpha value is -3.55. The number of carbonyl (C=O) groups is 2. The van der Waals surface area contributed by atoms with E-state index in [0.717, 1.165) is 30.5 Å². The first-order valence-corrected chi connectivity index (χ1v) is 10.0. The van der Waals surface area contributed by atoms with E-state index < -0.39 is 17.5 Å². The number of nitrogens with zero attached hydrogens (tertiary/aromatic N) is 2. The van der Waals surface area contributed by atoms with Gasteiger partial charge in [0.1, 0.15) is 17.3 Å². The molecule has 0 aliphatic carbocycles. The number of benzene rings is 2. The second-order valence-electron chi connectivity index (χ2n) is 7.18. The number of aromatic nitrogens is 2. The highest BCUT2D eigenvalue weighted by atomic mass is 19.1. The molecule has 1 heterocycles. The maximum absolute atomic E-state index is 14.2. The van der Waals surface area contributed by atoms with Gasteiger partial charge in [-0.3, -0.25) is 14.3 Å². The lowest BCUT2D eigenvalue weighted by Gasteiger charge is -2.08. The van der Waals surface area contributed by atoms with E-state index in [2.05, 4.69) is 22.7 Å². The lowest BCUT2D eigenvalue weighted by Crippen LogP contribution is -2.25. The van der Waals surface area contributed by atoms with Crippen LogP contribution in [0.25, 0.3) is 11.3 Å². The number of carbonyl (C=O) groups excluding carboxylic acids is 2. The van der Waals surface area contributed by atoms with Crippen LogP contribution in [0.15, 0.2) is 48.7 Å². The van der Waals surface area contributed by atoms with E-state index in [1.807, 2.05) is 0 Å². The van der Waals surface area contributed by atoms with Crippen molar-refractivity contribution in [3.05, 3.63) is 77.0 Å². The summed E-state index contributed by atoms with van der Waals surface area (Å²) in [7, 11) is 1.62. The molecule has 2 N–H and O–H groups in total. The first-order valence-electron chi connectivity index (χ1n) is 10.0. The van der Waals surface area contributed by atoms with Crippen molar-refractivity contribution in [1.82, 2.24) is 20.4 Å². The normalized spacial score (nSPS) is 10.7. The molecule has 0 saturated heterocycles. The smallest absolute Gasteiger partial charge is 0.255 e. The van der Waals surface area contributed by atoms with Crippen LogP contribution in [0.4, 0.5) is 8.78 Å². The van der Waals surface area contributed by atoms with Gasteiger partial charge in [0.25, 0.3) is 11.8 Å². The van der Waals surface area contributed by atoms with E-state index in [1.165, 1.54) is 16.9 Å². The van der Waals surface area contributed by atoms with Crippen molar-refractivity contribution < 1.29 is 18.4 Å². The van der Waals surface area contributed by atoms with Gasteiger partial charge in [0, 0.05) is 43.5 Å². The molecule has 8 heteroatoms. The van der Waals surface area contributed by atoms with Crippen LogP contribution < -0.4 is 10.6 Å². The summed E-state index contributed by atoms with van der Waals surface area (Å²) in [5, 5.41) is 9.78. The van der Waals surface area contributed by atoms with Gasteiger partial charge in [-0.25, -0.2) is 8.78 Å². The third kappa shape index (κ3) is 5.53. The van der Waals surface area contributed by atoms with E-state index in [0.29, 0.717) is 12.1 Å². The summed E-state index contributed by atoms with van der Waals surface area (Å²) in [5.74, 6) is -2.07. The van der Waals surface area contributed by atoms with Crippen LogP contribution in [0.3, 0.4) is 0 Å². The van der Waals surface area contributed by atoms with Gasteiger partial charge in [0.05, 0.1) is 5.56 Å². The fourth-order valence-corrected chi connectivity index (χ4v) is 3.07. The van der Waals surface area contributed by atoms with Crippen LogP contribution >= 0.6 is 0 Å². The molecule has 3 rings (SSSR count). The van der Waals surface area contributed by atoms with Crippen molar-refractivity contribution in [2.45, 2.75) is 26.3 Å². The molecule has 0 unspecified atom stereocenters. The Kier molecular flexibility index (Phi) is 7.12. The maximum atomic E-state index is 14.2. The molecule has 0 saturated carbocycles. The second-order valence-corrected chi connectivity index (χ2v) is 7.18. The third-order valence-electron chi connectivity index (χ3n) is 4.74. The molecular formula is C23H24F2N4O2. The molecule has 2 aromatic carbocycles. The Morgan fingerprint density at radius 3 is 2.45 bits per heavy atom. The van der Waals surface area contributed by atoms with Gasteiger partial charge < -0.3 is 10.6 Å². The highest BCUT2D eigenvalue weighted by Crippen LogP contribution is 2.25. The van der Waals surface area contributed by atoms with Crippen LogP contribution in [0.1, 0.15) is 46.0 Å². The molecule has 162 valence electrons. The Morgan fingerprint density at radius 1 is 1.03 bits per heavy atom. The number of halogens is 2. The predicted octanol–water partition coefficient (Wildman–Crippen LogP) is 3.83. The lowest BCUT2D eigenvalue weighted by molar-refractivity contribution is 0.0943. The van der Waals surface area contributed by atoms with Crippen molar-refractivity contribution in [2.24, 2.45) is 7.05 Å². The predicted molar refractivity (Wildman–Crippen MR) is 113 cm³/mol. The molecule has 0 atom stereocenters. The van der Waals surface area contributed by atoms with E-state index in [4.69, 9.17) is 0 Å². The van der Waals surface area contributed by atoms with E-state index in [9.17, 15) is 18.4 Å². The van der Waals surface area contributed by atoms with E-state index >= 15 is 0 Å². The van der Waals surface area contributed by atoms with E-state index in [-0.39, 0.29) is 29.3 Å². The minimum atomic E-state index is -0.791. The van der Waals surface area contributed by atoms with Crippen LogP contribution in [0.5, 0.6) is 0 Å². The van der Waals surface area contributed by atoms with Gasteiger partial charge in [0.15, 0.2) is 0 Å². The Labute approximate surface area is 179 Å². The quantitative estimate of drug-likeness (QED) is 0.538. The summed E-state index contributed by atoms with van der Waals surface area (Å²) in [6, 6.07) is 10.1. The largest absolute Gasteiger partial charge is 0.352 e. The molecule has 0 spiro atoms. The first kappa shape index (κ1) is 22.1. The number of aryl methyl sites for hydroxylation is 1. The molecule has 31 heavy (non-hydrogen) atoms. The van der Waals surface area contributed by atoms with Gasteiger partial charge in [-0.05, 0) is 36.2 Å². The van der Waals surface area contributed by atoms with Crippen LogP contribution in [-0.2, 0) is 13.6 Å². The molecule has 3 aromatic rings. The Balaban J connectivity index is 1.67. The van der Waals surface area contributed by atoms with Gasteiger partial charge in [-0.15, -0.1) is 0 Å². The first-order chi connectivity index (χ1) is 14.9. The average Bonchev–Trinajstić information content (AvgIpc) is 3.14. The van der Waals surface area contributed by atoms with Crippen LogP contribution in [0, 0.1) is 11.6 Å². The van der Waals surface area contributed by atoms with Gasteiger partial charge >= 0.3 is 0 Å². The minimum absolute atomic E-state index is 0.0468. The molecule has 0 bridgehead atoms. The van der Waals surface area contributed by atoms with Crippen molar-refractivity contribution in [1.29, 1.82) is 0 Å². The van der Waals surface area contributed by atoms with Crippen LogP contribution in [0.2, 0.25) is 0 Å². The topological polar surface area (TPSA) is 76.0 Å². The zero-order valence-electron chi connectivity index (χ0n) is 17.4. The number of unbranched alkanes of at least 4 members (excludes halogenated alkanes) is 1. The lowest BCUT2D eigenvalue weighted by atomic mass is 10.1. The van der Waals surface area contributed by atoms with Crippen molar-refractivity contribution in [3.8, 4) is 11.3 Å². The summed E-state index contributed by atoms with van der Waals surface area (Å²) in [5.41, 5.74) is 1.71. The molecule has 0 aliphatic heterocycles. The van der Waals surface area contributed by atoms with Crippen molar-refractivity contribution in [2.75, 3.05) is 6.54 Å². The monoisotopic (exact) mass is 426 g/mol. The van der Waals surface area contributed by atoms with Gasteiger partial charge in [0.2, 0.25) is 0 Å². The Bertz CT molecular complexity index is 1080. The molecular weight excluding hydrogens is 402 g/mol. The van der Waals surface area contributed by atoms with Crippen molar-refractivity contribution in [3.63, 3.8) is 0 Å². The van der Waals surface area contributed by atoms with Crippen molar-refractivity contribution >= 4 is 11.8 Å². The minimum Gasteiger partial charge on any atom is -0.352 e. The number of nitrogens with one attached hydrogen (secondary N) is 2. The molecule has 0 fully saturated rings. The number of amides is 2.